The van der Waals surface area contributed by atoms with Crippen molar-refractivity contribution < 1.29 is 9.72 Å². The fraction of sp³-hybridized carbons (Fsp3) is 0.300. The number of para-hydroxylation sites is 1. The summed E-state index contributed by atoms with van der Waals surface area (Å²) in [5, 5.41) is 14.0. The molecule has 1 heterocycles. The minimum Gasteiger partial charge on any atom is -0.358 e. The van der Waals surface area contributed by atoms with E-state index in [0.717, 1.165) is 25.5 Å². The van der Waals surface area contributed by atoms with Gasteiger partial charge < -0.3 is 10.2 Å². The van der Waals surface area contributed by atoms with Crippen molar-refractivity contribution in [2.24, 2.45) is 4.99 Å². The first kappa shape index (κ1) is 19.5. The lowest BCUT2D eigenvalue weighted by molar-refractivity contribution is -0.384. The predicted octanol–water partition coefficient (Wildman–Crippen LogP) is 3.14. The number of amidine groups is 1. The van der Waals surface area contributed by atoms with Gasteiger partial charge in [-0.05, 0) is 32.2 Å². The van der Waals surface area contributed by atoms with Gasteiger partial charge in [0.2, 0.25) is 0 Å². The van der Waals surface area contributed by atoms with Crippen molar-refractivity contribution in [3.63, 3.8) is 0 Å². The first-order chi connectivity index (χ1) is 13.5. The first-order valence-electron chi connectivity index (χ1n) is 9.14. The summed E-state index contributed by atoms with van der Waals surface area (Å²) in [5.74, 6) is 0.417. The molecule has 0 radical (unpaired) electrons. The molecule has 1 saturated heterocycles. The summed E-state index contributed by atoms with van der Waals surface area (Å²) in [6, 6.07) is 13.2. The number of benzene rings is 2. The molecule has 3 rings (SSSR count). The molecule has 1 amide bonds. The molecule has 0 spiro atoms. The quantitative estimate of drug-likeness (QED) is 0.635. The molecule has 1 fully saturated rings. The number of hydrogen-bond acceptors (Lipinski definition) is 5. The number of hydrogen-bond donors (Lipinski definition) is 1. The molecule has 0 aromatic heterocycles. The molecule has 0 bridgehead atoms. The van der Waals surface area contributed by atoms with Crippen molar-refractivity contribution in [2.75, 3.05) is 38.5 Å². The van der Waals surface area contributed by atoms with Crippen LogP contribution in [0.25, 0.3) is 0 Å². The van der Waals surface area contributed by atoms with E-state index in [1.165, 1.54) is 18.2 Å². The van der Waals surface area contributed by atoms with Gasteiger partial charge >= 0.3 is 0 Å². The molecule has 146 valence electrons. The Balaban J connectivity index is 1.99. The van der Waals surface area contributed by atoms with Crippen molar-refractivity contribution in [3.8, 4) is 0 Å². The summed E-state index contributed by atoms with van der Waals surface area (Å²) in [4.78, 5) is 32.5. The minimum atomic E-state index is -0.511. The lowest BCUT2D eigenvalue weighted by Crippen LogP contribution is -2.48. The van der Waals surface area contributed by atoms with Crippen LogP contribution in [0.2, 0.25) is 0 Å². The number of nitro benzene ring substituents is 1. The summed E-state index contributed by atoms with van der Waals surface area (Å²) in [6.45, 7) is 5.31. The number of nitrogens with zero attached hydrogens (tertiary/aromatic N) is 4. The van der Waals surface area contributed by atoms with Gasteiger partial charge in [0.05, 0.1) is 22.7 Å². The van der Waals surface area contributed by atoms with E-state index in [2.05, 4.69) is 22.0 Å². The Bertz CT molecular complexity index is 898. The summed E-state index contributed by atoms with van der Waals surface area (Å²) in [7, 11) is 2.02. The maximum absolute atomic E-state index is 12.8. The molecule has 1 N–H and O–H groups in total. The summed E-state index contributed by atoms with van der Waals surface area (Å²) in [5.41, 5.74) is 1.07. The Morgan fingerprint density at radius 1 is 1.21 bits per heavy atom. The highest BCUT2D eigenvalue weighted by atomic mass is 16.6. The van der Waals surface area contributed by atoms with Crippen molar-refractivity contribution in [3.05, 3.63) is 64.2 Å². The van der Waals surface area contributed by atoms with Crippen molar-refractivity contribution >= 4 is 28.8 Å². The van der Waals surface area contributed by atoms with Crippen LogP contribution in [-0.4, -0.2) is 59.7 Å². The Morgan fingerprint density at radius 2 is 1.96 bits per heavy atom. The molecule has 8 nitrogen and oxygen atoms in total. The molecule has 0 atom stereocenters. The maximum atomic E-state index is 12.8. The number of carbonyl (C=O) groups is 1. The number of nitrogens with one attached hydrogen (secondary N) is 1. The standard InChI is InChI=1S/C20H23N5O3/c1-3-24-12-11-23(2)14-19(24)22-18-10-9-16(25(27)28)13-17(18)20(26)21-15-7-5-4-6-8-15/h4-10,13H,3,11-12,14H2,1-2H3,(H,21,26)/b22-19-. The molecule has 28 heavy (non-hydrogen) atoms. The van der Waals surface area contributed by atoms with Crippen LogP contribution < -0.4 is 5.32 Å². The Kier molecular flexibility index (Phi) is 6.00. The highest BCUT2D eigenvalue weighted by Crippen LogP contribution is 2.26. The van der Waals surface area contributed by atoms with Gasteiger partial charge in [-0.15, -0.1) is 0 Å². The zero-order chi connectivity index (χ0) is 20.1. The van der Waals surface area contributed by atoms with E-state index < -0.39 is 10.8 Å². The molecule has 8 heteroatoms. The second-order valence-corrected chi connectivity index (χ2v) is 6.62. The third-order valence-corrected chi connectivity index (χ3v) is 4.63. The van der Waals surface area contributed by atoms with Crippen LogP contribution in [0.5, 0.6) is 0 Å². The van der Waals surface area contributed by atoms with E-state index in [-0.39, 0.29) is 11.3 Å². The summed E-state index contributed by atoms with van der Waals surface area (Å²) in [6.07, 6.45) is 0. The number of nitro groups is 1. The van der Waals surface area contributed by atoms with Crippen LogP contribution >= 0.6 is 0 Å². The largest absolute Gasteiger partial charge is 0.358 e. The van der Waals surface area contributed by atoms with Gasteiger partial charge in [-0.25, -0.2) is 4.99 Å². The number of piperazine rings is 1. The fourth-order valence-electron chi connectivity index (χ4n) is 3.06. The Hall–Kier alpha value is -3.26. The van der Waals surface area contributed by atoms with Gasteiger partial charge in [-0.3, -0.25) is 19.8 Å². The van der Waals surface area contributed by atoms with Crippen molar-refractivity contribution in [1.82, 2.24) is 9.80 Å². The topological polar surface area (TPSA) is 91.1 Å². The van der Waals surface area contributed by atoms with E-state index >= 15 is 0 Å². The number of rotatable bonds is 5. The van der Waals surface area contributed by atoms with Crippen molar-refractivity contribution in [1.29, 1.82) is 0 Å². The van der Waals surface area contributed by atoms with Gasteiger partial charge in [0.1, 0.15) is 5.84 Å². The van der Waals surface area contributed by atoms with Crippen LogP contribution in [0.1, 0.15) is 17.3 Å². The third-order valence-electron chi connectivity index (χ3n) is 4.63. The maximum Gasteiger partial charge on any atom is 0.270 e. The Labute approximate surface area is 163 Å². The lowest BCUT2D eigenvalue weighted by atomic mass is 10.1. The van der Waals surface area contributed by atoms with Crippen LogP contribution in [0.3, 0.4) is 0 Å². The minimum absolute atomic E-state index is 0.143. The number of anilines is 1. The van der Waals surface area contributed by atoms with E-state index in [9.17, 15) is 14.9 Å². The molecule has 2 aromatic rings. The number of non-ortho nitro benzene ring substituents is 1. The fourth-order valence-corrected chi connectivity index (χ4v) is 3.06. The van der Waals surface area contributed by atoms with Gasteiger partial charge in [0.15, 0.2) is 0 Å². The molecule has 0 aliphatic carbocycles. The molecule has 0 unspecified atom stereocenters. The molecular weight excluding hydrogens is 358 g/mol. The van der Waals surface area contributed by atoms with Crippen molar-refractivity contribution in [2.45, 2.75) is 6.92 Å². The second-order valence-electron chi connectivity index (χ2n) is 6.62. The number of amides is 1. The van der Waals surface area contributed by atoms with Crippen LogP contribution in [-0.2, 0) is 0 Å². The smallest absolute Gasteiger partial charge is 0.270 e. The molecular formula is C20H23N5O3. The van der Waals surface area contributed by atoms with Gasteiger partial charge in [0.25, 0.3) is 11.6 Å². The van der Waals surface area contributed by atoms with E-state index in [4.69, 9.17) is 4.99 Å². The average molecular weight is 381 g/mol. The monoisotopic (exact) mass is 381 g/mol. The highest BCUT2D eigenvalue weighted by molar-refractivity contribution is 6.08. The molecule has 1 aliphatic rings. The molecule has 0 saturated carbocycles. The first-order valence-corrected chi connectivity index (χ1v) is 9.14. The molecule has 2 aromatic carbocycles. The van der Waals surface area contributed by atoms with Crippen LogP contribution in [0.15, 0.2) is 53.5 Å². The number of likely N-dealkylation sites (N-methyl/N-ethyl adjacent to an activating group) is 2. The van der Waals surface area contributed by atoms with E-state index in [1.807, 2.05) is 13.1 Å². The Morgan fingerprint density at radius 3 is 2.64 bits per heavy atom. The summed E-state index contributed by atoms with van der Waals surface area (Å²) < 4.78 is 0. The number of aliphatic imine (C=N–C) groups is 1. The second kappa shape index (κ2) is 8.62. The van der Waals surface area contributed by atoms with Crippen LogP contribution in [0.4, 0.5) is 17.1 Å². The SMILES string of the molecule is CCN1CCN(C)C/C1=N/c1ccc([N+](=O)[O-])cc1C(=O)Nc1ccccc1. The number of carbonyl (C=O) groups excluding carboxylic acids is 1. The zero-order valence-electron chi connectivity index (χ0n) is 16.0. The normalized spacial score (nSPS) is 16.2. The van der Waals surface area contributed by atoms with E-state index in [0.29, 0.717) is 17.9 Å². The van der Waals surface area contributed by atoms with Crippen LogP contribution in [0, 0.1) is 10.1 Å². The van der Waals surface area contributed by atoms with E-state index in [1.54, 1.807) is 24.3 Å². The van der Waals surface area contributed by atoms with Gasteiger partial charge in [-0.2, -0.15) is 0 Å². The van der Waals surface area contributed by atoms with Gasteiger partial charge in [-0.1, -0.05) is 18.2 Å². The highest BCUT2D eigenvalue weighted by Gasteiger charge is 2.21. The summed E-state index contributed by atoms with van der Waals surface area (Å²) >= 11 is 0. The molecule has 1 aliphatic heterocycles. The van der Waals surface area contributed by atoms with Gasteiger partial charge in [0, 0.05) is 37.5 Å². The predicted molar refractivity (Wildman–Crippen MR) is 109 cm³/mol. The third kappa shape index (κ3) is 4.52. The average Bonchev–Trinajstić information content (AvgIpc) is 2.69. The lowest BCUT2D eigenvalue weighted by Gasteiger charge is -2.34. The zero-order valence-corrected chi connectivity index (χ0v) is 16.0.